The van der Waals surface area contributed by atoms with Crippen LogP contribution in [-0.4, -0.2) is 84.1 Å². The minimum absolute atomic E-state index is 0.0515. The Bertz CT molecular complexity index is 1150. The summed E-state index contributed by atoms with van der Waals surface area (Å²) in [5.41, 5.74) is -0.0936. The number of carbonyl (C=O) groups is 3. The topological polar surface area (TPSA) is 141 Å². The zero-order valence-electron chi connectivity index (χ0n) is 24.5. The predicted octanol–water partition coefficient (Wildman–Crippen LogP) is 2.87. The molecule has 10 nitrogen and oxygen atoms in total. The highest BCUT2D eigenvalue weighted by molar-refractivity contribution is 5.83. The minimum Gasteiger partial charge on any atom is -0.462 e. The molecule has 3 fully saturated rings. The molecule has 41 heavy (non-hydrogen) atoms. The molecule has 0 radical (unpaired) electrons. The summed E-state index contributed by atoms with van der Waals surface area (Å²) >= 11 is 0. The first-order chi connectivity index (χ1) is 19.4. The Morgan fingerprint density at radius 3 is 2.61 bits per heavy atom. The molecule has 10 heteroatoms. The molecule has 2 bridgehead atoms. The maximum Gasteiger partial charge on any atom is 0.331 e. The van der Waals surface area contributed by atoms with Gasteiger partial charge in [-0.25, -0.2) is 9.59 Å². The highest BCUT2D eigenvalue weighted by Crippen LogP contribution is 2.72. The maximum atomic E-state index is 13.0. The summed E-state index contributed by atoms with van der Waals surface area (Å²) in [6, 6.07) is 0. The van der Waals surface area contributed by atoms with Crippen LogP contribution in [0.4, 0.5) is 0 Å². The molecule has 2 unspecified atom stereocenters. The van der Waals surface area contributed by atoms with E-state index in [1.807, 2.05) is 0 Å². The molecule has 2 N–H and O–H groups in total. The minimum atomic E-state index is -1.03. The van der Waals surface area contributed by atoms with E-state index < -0.39 is 52.7 Å². The standard InChI is InChI=1S/C31H42O10/c1-19-10-12-30(17-37-28(36)15-20(2)11-13-32)25(14-19)40-26-16-24(29(30,5)31(26)18-38-31)41-27(35)9-7-6-8-23(34)21(3)39-22(4)33/h6-9,14-15,21,23-26,32,34H,10-13,16-18H2,1-5H3/b8-6?,9-7?,20-15+/t21?,23-,24+,25+,26?,29+,30+,31-/m0/s1. The number of fused-ring (bicyclic) bond motifs is 2. The van der Waals surface area contributed by atoms with Crippen molar-refractivity contribution in [1.82, 2.24) is 0 Å². The first-order valence-electron chi connectivity index (χ1n) is 14.2. The number of rotatable bonds is 11. The van der Waals surface area contributed by atoms with Gasteiger partial charge in [0.2, 0.25) is 0 Å². The molecule has 4 aliphatic rings. The Hall–Kier alpha value is -2.79. The molecule has 0 aromatic heterocycles. The van der Waals surface area contributed by atoms with Gasteiger partial charge >= 0.3 is 17.9 Å². The Kier molecular flexibility index (Phi) is 9.28. The number of epoxide rings is 1. The molecular formula is C31H42O10. The number of ether oxygens (including phenoxy) is 5. The summed E-state index contributed by atoms with van der Waals surface area (Å²) in [5, 5.41) is 19.3. The van der Waals surface area contributed by atoms with E-state index in [9.17, 15) is 19.5 Å². The third-order valence-corrected chi connectivity index (χ3v) is 9.30. The maximum absolute atomic E-state index is 13.0. The van der Waals surface area contributed by atoms with Gasteiger partial charge in [0.15, 0.2) is 0 Å². The van der Waals surface area contributed by atoms with Crippen molar-refractivity contribution >= 4 is 17.9 Å². The monoisotopic (exact) mass is 574 g/mol. The van der Waals surface area contributed by atoms with Crippen LogP contribution in [0.2, 0.25) is 0 Å². The largest absolute Gasteiger partial charge is 0.462 e. The van der Waals surface area contributed by atoms with Gasteiger partial charge in [-0.2, -0.15) is 0 Å². The van der Waals surface area contributed by atoms with Crippen molar-refractivity contribution in [1.29, 1.82) is 0 Å². The smallest absolute Gasteiger partial charge is 0.331 e. The van der Waals surface area contributed by atoms with Crippen LogP contribution < -0.4 is 0 Å². The number of aliphatic hydroxyl groups is 2. The van der Waals surface area contributed by atoms with Gasteiger partial charge in [0.25, 0.3) is 0 Å². The van der Waals surface area contributed by atoms with Gasteiger partial charge in [0.1, 0.15) is 30.5 Å². The Morgan fingerprint density at radius 2 is 1.95 bits per heavy atom. The van der Waals surface area contributed by atoms with Crippen molar-refractivity contribution in [2.75, 3.05) is 19.8 Å². The third-order valence-electron chi connectivity index (χ3n) is 9.30. The van der Waals surface area contributed by atoms with Crippen LogP contribution in [0.5, 0.6) is 0 Å². The molecule has 0 aromatic rings. The predicted molar refractivity (Wildman–Crippen MR) is 147 cm³/mol. The van der Waals surface area contributed by atoms with Crippen molar-refractivity contribution in [2.24, 2.45) is 10.8 Å². The summed E-state index contributed by atoms with van der Waals surface area (Å²) in [6.45, 7) is 9.22. The highest BCUT2D eigenvalue weighted by Gasteiger charge is 2.83. The van der Waals surface area contributed by atoms with Crippen LogP contribution >= 0.6 is 0 Å². The van der Waals surface area contributed by atoms with Crippen molar-refractivity contribution in [2.45, 2.75) is 96.4 Å². The summed E-state index contributed by atoms with van der Waals surface area (Å²) in [4.78, 5) is 36.8. The van der Waals surface area contributed by atoms with E-state index in [0.717, 1.165) is 12.0 Å². The fraction of sp³-hybridized carbons (Fsp3) is 0.645. The molecular weight excluding hydrogens is 532 g/mol. The molecule has 4 rings (SSSR count). The van der Waals surface area contributed by atoms with E-state index in [1.54, 1.807) is 13.8 Å². The molecule has 8 atom stereocenters. The van der Waals surface area contributed by atoms with Gasteiger partial charge in [-0.15, -0.1) is 0 Å². The third kappa shape index (κ3) is 5.93. The van der Waals surface area contributed by atoms with Gasteiger partial charge in [-0.1, -0.05) is 42.4 Å². The van der Waals surface area contributed by atoms with E-state index >= 15 is 0 Å². The van der Waals surface area contributed by atoms with Crippen LogP contribution in [0, 0.1) is 10.8 Å². The molecule has 1 saturated carbocycles. The van der Waals surface area contributed by atoms with Gasteiger partial charge in [-0.3, -0.25) is 4.79 Å². The first-order valence-corrected chi connectivity index (χ1v) is 14.2. The second-order valence-corrected chi connectivity index (χ2v) is 11.9. The lowest BCUT2D eigenvalue weighted by atomic mass is 9.51. The van der Waals surface area contributed by atoms with Gasteiger partial charge in [0.05, 0.1) is 24.2 Å². The van der Waals surface area contributed by atoms with Crippen molar-refractivity contribution in [3.8, 4) is 0 Å². The van der Waals surface area contributed by atoms with Gasteiger partial charge in [-0.05, 0) is 40.0 Å². The molecule has 2 aliphatic carbocycles. The number of allylic oxidation sites excluding steroid dienone is 3. The van der Waals surface area contributed by atoms with Crippen molar-refractivity contribution in [3.05, 3.63) is 47.6 Å². The quantitative estimate of drug-likeness (QED) is 0.0945. The number of hydrogen-bond acceptors (Lipinski definition) is 10. The van der Waals surface area contributed by atoms with Crippen LogP contribution in [0.15, 0.2) is 47.6 Å². The molecule has 2 saturated heterocycles. The van der Waals surface area contributed by atoms with E-state index in [4.69, 9.17) is 28.8 Å². The van der Waals surface area contributed by atoms with E-state index in [2.05, 4.69) is 19.9 Å². The van der Waals surface area contributed by atoms with Crippen LogP contribution in [-0.2, 0) is 38.1 Å². The Morgan fingerprint density at radius 1 is 1.22 bits per heavy atom. The van der Waals surface area contributed by atoms with E-state index in [1.165, 1.54) is 42.9 Å². The summed E-state index contributed by atoms with van der Waals surface area (Å²) in [6.07, 6.45) is 8.55. The highest BCUT2D eigenvalue weighted by atomic mass is 16.6. The van der Waals surface area contributed by atoms with Gasteiger partial charge in [0, 0.05) is 37.5 Å². The Labute approximate surface area is 241 Å². The lowest BCUT2D eigenvalue weighted by Crippen LogP contribution is -2.66. The van der Waals surface area contributed by atoms with E-state index in [0.29, 0.717) is 25.9 Å². The fourth-order valence-corrected chi connectivity index (χ4v) is 6.80. The molecule has 0 amide bonds. The van der Waals surface area contributed by atoms with Crippen LogP contribution in [0.25, 0.3) is 0 Å². The molecule has 0 aromatic carbocycles. The summed E-state index contributed by atoms with van der Waals surface area (Å²) in [5.74, 6) is -1.54. The first kappa shape index (κ1) is 31.2. The lowest BCUT2D eigenvalue weighted by Gasteiger charge is -2.58. The summed E-state index contributed by atoms with van der Waals surface area (Å²) in [7, 11) is 0. The van der Waals surface area contributed by atoms with Gasteiger partial charge < -0.3 is 33.9 Å². The lowest BCUT2D eigenvalue weighted by molar-refractivity contribution is -0.232. The van der Waals surface area contributed by atoms with Crippen molar-refractivity contribution < 1.29 is 48.3 Å². The average Bonchev–Trinajstić information content (AvgIpc) is 3.68. The SMILES string of the molecule is CC(=O)OC(C)[C@@H](O)C=CC=CC(=O)O[C@@H]1CC2O[C@@H]3C=C(C)CC[C@]3(COC(=O)/C=C(\C)CCO)[C@]1(C)[C@]21CO1. The molecule has 1 spiro atoms. The summed E-state index contributed by atoms with van der Waals surface area (Å²) < 4.78 is 29.6. The average molecular weight is 575 g/mol. The number of esters is 3. The second kappa shape index (κ2) is 12.2. The molecule has 226 valence electrons. The molecule has 2 heterocycles. The normalized spacial score (nSPS) is 35.6. The van der Waals surface area contributed by atoms with Crippen LogP contribution in [0.1, 0.15) is 60.3 Å². The zero-order chi connectivity index (χ0) is 30.0. The van der Waals surface area contributed by atoms with Crippen LogP contribution in [0.3, 0.4) is 0 Å². The number of carbonyl (C=O) groups excluding carboxylic acids is 3. The zero-order valence-corrected chi connectivity index (χ0v) is 24.5. The number of aliphatic hydroxyl groups excluding tert-OH is 2. The fourth-order valence-electron chi connectivity index (χ4n) is 6.80. The number of hydrogen-bond donors (Lipinski definition) is 2. The Balaban J connectivity index is 1.53. The second-order valence-electron chi connectivity index (χ2n) is 11.9. The van der Waals surface area contributed by atoms with Crippen molar-refractivity contribution in [3.63, 3.8) is 0 Å². The van der Waals surface area contributed by atoms with E-state index in [-0.39, 0.29) is 25.4 Å². The molecule has 2 aliphatic heterocycles.